The van der Waals surface area contributed by atoms with Gasteiger partial charge >= 0.3 is 0 Å². The Labute approximate surface area is 161 Å². The number of hydrogen-bond acceptors (Lipinski definition) is 6. The maximum Gasteiger partial charge on any atom is 0.269 e. The standard InChI is InChI=1S/C20H20N2O6/c1-14(24)21(12-11-19(25)15-5-3-2-4-6-15)18(13-23)20(26)16-7-9-17(10-8-16)22(27)28/h2-10,18,23H,11-13H2,1H3. The molecule has 0 saturated carbocycles. The summed E-state index contributed by atoms with van der Waals surface area (Å²) >= 11 is 0. The Morgan fingerprint density at radius 2 is 1.64 bits per heavy atom. The Balaban J connectivity index is 2.15. The first-order valence-electron chi connectivity index (χ1n) is 8.60. The molecule has 0 radical (unpaired) electrons. The number of non-ortho nitro benzene ring substituents is 1. The number of benzene rings is 2. The van der Waals surface area contributed by atoms with Crippen LogP contribution >= 0.6 is 0 Å². The number of rotatable bonds is 9. The van der Waals surface area contributed by atoms with Crippen molar-refractivity contribution in [1.82, 2.24) is 4.90 Å². The second-order valence-electron chi connectivity index (χ2n) is 6.12. The number of nitro benzene ring substituents is 1. The minimum absolute atomic E-state index is 0.00631. The van der Waals surface area contributed by atoms with Crippen LogP contribution in [-0.4, -0.2) is 51.6 Å². The smallest absolute Gasteiger partial charge is 0.269 e. The van der Waals surface area contributed by atoms with E-state index in [4.69, 9.17) is 0 Å². The minimum Gasteiger partial charge on any atom is -0.394 e. The molecule has 0 saturated heterocycles. The number of amides is 1. The van der Waals surface area contributed by atoms with E-state index in [1.54, 1.807) is 30.3 Å². The predicted molar refractivity (Wildman–Crippen MR) is 101 cm³/mol. The number of carbonyl (C=O) groups excluding carboxylic acids is 3. The van der Waals surface area contributed by atoms with Crippen LogP contribution in [0.1, 0.15) is 34.1 Å². The minimum atomic E-state index is -1.18. The molecule has 0 aromatic heterocycles. The molecule has 0 aliphatic heterocycles. The van der Waals surface area contributed by atoms with Gasteiger partial charge in [-0.25, -0.2) is 0 Å². The summed E-state index contributed by atoms with van der Waals surface area (Å²) in [5.74, 6) is -1.21. The van der Waals surface area contributed by atoms with Gasteiger partial charge in [0.15, 0.2) is 11.6 Å². The molecule has 2 aromatic rings. The van der Waals surface area contributed by atoms with Gasteiger partial charge < -0.3 is 10.0 Å². The molecule has 0 aliphatic carbocycles. The molecule has 0 heterocycles. The topological polar surface area (TPSA) is 118 Å². The van der Waals surface area contributed by atoms with Crippen molar-refractivity contribution in [3.8, 4) is 0 Å². The van der Waals surface area contributed by atoms with Gasteiger partial charge in [-0.1, -0.05) is 30.3 Å². The van der Waals surface area contributed by atoms with E-state index in [-0.39, 0.29) is 30.0 Å². The van der Waals surface area contributed by atoms with E-state index in [0.29, 0.717) is 5.56 Å². The molecular formula is C20H20N2O6. The van der Waals surface area contributed by atoms with Crippen LogP contribution in [0, 0.1) is 10.1 Å². The molecule has 0 bridgehead atoms. The van der Waals surface area contributed by atoms with Crippen LogP contribution in [0.4, 0.5) is 5.69 Å². The van der Waals surface area contributed by atoms with Gasteiger partial charge in [-0.05, 0) is 12.1 Å². The van der Waals surface area contributed by atoms with Crippen molar-refractivity contribution in [2.75, 3.05) is 13.2 Å². The number of Topliss-reactive ketones (excluding diaryl/α,β-unsaturated/α-hetero) is 2. The Kier molecular flexibility index (Phi) is 7.11. The molecule has 2 rings (SSSR count). The second kappa shape index (κ2) is 9.52. The molecule has 1 amide bonds. The summed E-state index contributed by atoms with van der Waals surface area (Å²) in [6.07, 6.45) is -0.00631. The van der Waals surface area contributed by atoms with Crippen LogP contribution in [0.5, 0.6) is 0 Å². The average molecular weight is 384 g/mol. The number of nitro groups is 1. The van der Waals surface area contributed by atoms with E-state index in [9.17, 15) is 29.6 Å². The van der Waals surface area contributed by atoms with E-state index in [1.165, 1.54) is 31.2 Å². The summed E-state index contributed by atoms with van der Waals surface area (Å²) in [5.41, 5.74) is 0.451. The maximum atomic E-state index is 12.7. The molecule has 0 aliphatic rings. The van der Waals surface area contributed by atoms with Crippen molar-refractivity contribution in [3.63, 3.8) is 0 Å². The summed E-state index contributed by atoms with van der Waals surface area (Å²) in [5, 5.41) is 20.4. The van der Waals surface area contributed by atoms with Crippen molar-refractivity contribution >= 4 is 23.2 Å². The molecule has 0 spiro atoms. The molecule has 28 heavy (non-hydrogen) atoms. The SMILES string of the molecule is CC(=O)N(CCC(=O)c1ccccc1)C(CO)C(=O)c1ccc([N+](=O)[O-])cc1. The summed E-state index contributed by atoms with van der Waals surface area (Å²) in [6.45, 7) is 0.584. The predicted octanol–water partition coefficient (Wildman–Crippen LogP) is 2.26. The van der Waals surface area contributed by atoms with Gasteiger partial charge in [0, 0.05) is 43.1 Å². The Morgan fingerprint density at radius 3 is 2.14 bits per heavy atom. The zero-order valence-corrected chi connectivity index (χ0v) is 15.3. The van der Waals surface area contributed by atoms with Crippen LogP contribution in [0.3, 0.4) is 0 Å². The second-order valence-corrected chi connectivity index (χ2v) is 6.12. The Hall–Kier alpha value is -3.39. The first-order valence-corrected chi connectivity index (χ1v) is 8.60. The lowest BCUT2D eigenvalue weighted by Crippen LogP contribution is -2.47. The summed E-state index contributed by atoms with van der Waals surface area (Å²) in [4.78, 5) is 48.3. The highest BCUT2D eigenvalue weighted by Gasteiger charge is 2.29. The third-order valence-electron chi connectivity index (χ3n) is 4.29. The Bertz CT molecular complexity index is 864. The van der Waals surface area contributed by atoms with Crippen molar-refractivity contribution < 1.29 is 24.4 Å². The quantitative estimate of drug-likeness (QED) is 0.402. The van der Waals surface area contributed by atoms with E-state index in [0.717, 1.165) is 4.90 Å². The summed E-state index contributed by atoms with van der Waals surface area (Å²) in [7, 11) is 0. The first kappa shape index (κ1) is 20.9. The van der Waals surface area contributed by atoms with Gasteiger partial charge in [0.1, 0.15) is 6.04 Å². The lowest BCUT2D eigenvalue weighted by molar-refractivity contribution is -0.384. The third-order valence-corrected chi connectivity index (χ3v) is 4.29. The van der Waals surface area contributed by atoms with Crippen molar-refractivity contribution in [1.29, 1.82) is 0 Å². The Morgan fingerprint density at radius 1 is 1.04 bits per heavy atom. The lowest BCUT2D eigenvalue weighted by atomic mass is 10.0. The number of carbonyl (C=O) groups is 3. The molecule has 8 heteroatoms. The fraction of sp³-hybridized carbons (Fsp3) is 0.250. The normalized spacial score (nSPS) is 11.5. The van der Waals surface area contributed by atoms with Crippen LogP contribution in [0.15, 0.2) is 54.6 Å². The van der Waals surface area contributed by atoms with Crippen LogP contribution < -0.4 is 0 Å². The number of aliphatic hydroxyl groups is 1. The van der Waals surface area contributed by atoms with Crippen molar-refractivity contribution in [2.45, 2.75) is 19.4 Å². The van der Waals surface area contributed by atoms with Gasteiger partial charge in [-0.15, -0.1) is 0 Å². The van der Waals surface area contributed by atoms with Gasteiger partial charge in [-0.2, -0.15) is 0 Å². The number of ketones is 2. The fourth-order valence-electron chi connectivity index (χ4n) is 2.79. The molecule has 1 unspecified atom stereocenters. The maximum absolute atomic E-state index is 12.7. The molecule has 2 aromatic carbocycles. The molecule has 1 atom stereocenters. The van der Waals surface area contributed by atoms with Gasteiger partial charge in [0.2, 0.25) is 5.91 Å². The van der Waals surface area contributed by atoms with Crippen molar-refractivity contribution in [2.24, 2.45) is 0 Å². The molecule has 1 N–H and O–H groups in total. The van der Waals surface area contributed by atoms with E-state index in [1.807, 2.05) is 0 Å². The highest BCUT2D eigenvalue weighted by Crippen LogP contribution is 2.16. The zero-order valence-electron chi connectivity index (χ0n) is 15.3. The average Bonchev–Trinajstić information content (AvgIpc) is 2.70. The number of aliphatic hydroxyl groups excluding tert-OH is 1. The van der Waals surface area contributed by atoms with E-state index in [2.05, 4.69) is 0 Å². The highest BCUT2D eigenvalue weighted by atomic mass is 16.6. The molecular weight excluding hydrogens is 364 g/mol. The van der Waals surface area contributed by atoms with E-state index >= 15 is 0 Å². The van der Waals surface area contributed by atoms with Gasteiger partial charge in [-0.3, -0.25) is 24.5 Å². The molecule has 8 nitrogen and oxygen atoms in total. The third kappa shape index (κ3) is 5.08. The largest absolute Gasteiger partial charge is 0.394 e. The van der Waals surface area contributed by atoms with Gasteiger partial charge in [0.25, 0.3) is 5.69 Å². The first-order chi connectivity index (χ1) is 13.3. The monoisotopic (exact) mass is 384 g/mol. The van der Waals surface area contributed by atoms with Crippen molar-refractivity contribution in [3.05, 3.63) is 75.8 Å². The number of hydrogen-bond donors (Lipinski definition) is 1. The lowest BCUT2D eigenvalue weighted by Gasteiger charge is -2.28. The van der Waals surface area contributed by atoms with Gasteiger partial charge in [0.05, 0.1) is 11.5 Å². The zero-order chi connectivity index (χ0) is 20.7. The van der Waals surface area contributed by atoms with Crippen LogP contribution in [0.2, 0.25) is 0 Å². The van der Waals surface area contributed by atoms with Crippen LogP contribution in [0.25, 0.3) is 0 Å². The molecule has 146 valence electrons. The molecule has 0 fully saturated rings. The van der Waals surface area contributed by atoms with Crippen LogP contribution in [-0.2, 0) is 4.79 Å². The summed E-state index contributed by atoms with van der Waals surface area (Å²) < 4.78 is 0. The van der Waals surface area contributed by atoms with E-state index < -0.39 is 29.3 Å². The highest BCUT2D eigenvalue weighted by molar-refractivity contribution is 6.02. The number of nitrogens with zero attached hydrogens (tertiary/aromatic N) is 2. The summed E-state index contributed by atoms with van der Waals surface area (Å²) in [6, 6.07) is 12.3. The fourth-order valence-corrected chi connectivity index (χ4v) is 2.79.